The topological polar surface area (TPSA) is 72.7 Å². The third-order valence-corrected chi connectivity index (χ3v) is 2.41. The number of nitro benzene ring substituents is 1. The van der Waals surface area contributed by atoms with Crippen molar-refractivity contribution in [1.82, 2.24) is 0 Å². The highest BCUT2D eigenvalue weighted by Gasteiger charge is 2.18. The number of amides is 1. The van der Waals surface area contributed by atoms with Crippen LogP contribution in [0.2, 0.25) is 0 Å². The number of benzene rings is 1. The number of non-ortho nitro benzene ring substituents is 1. The predicted molar refractivity (Wildman–Crippen MR) is 67.9 cm³/mol. The number of nitro groups is 1. The predicted octanol–water partition coefficient (Wildman–Crippen LogP) is 2.14. The average molecular weight is 250 g/mol. The Bertz CT molecular complexity index is 511. The van der Waals surface area contributed by atoms with Gasteiger partial charge in [0.15, 0.2) is 0 Å². The van der Waals surface area contributed by atoms with Gasteiger partial charge in [0.1, 0.15) is 5.75 Å². The van der Waals surface area contributed by atoms with Crippen molar-refractivity contribution < 1.29 is 14.5 Å². The molecule has 1 aromatic carbocycles. The van der Waals surface area contributed by atoms with E-state index in [4.69, 9.17) is 4.74 Å². The van der Waals surface area contributed by atoms with Crippen LogP contribution in [0, 0.1) is 10.1 Å². The summed E-state index contributed by atoms with van der Waals surface area (Å²) in [5.41, 5.74) is 0.737. The molecule has 1 rings (SSSR count). The lowest BCUT2D eigenvalue weighted by molar-refractivity contribution is -0.384. The van der Waals surface area contributed by atoms with Gasteiger partial charge in [-0.1, -0.05) is 6.58 Å². The maximum absolute atomic E-state index is 11.8. The Labute approximate surface area is 105 Å². The van der Waals surface area contributed by atoms with Crippen LogP contribution >= 0.6 is 0 Å². The number of carbonyl (C=O) groups excluding carboxylic acids is 1. The van der Waals surface area contributed by atoms with Gasteiger partial charge in [-0.05, 0) is 13.0 Å². The Morgan fingerprint density at radius 3 is 2.56 bits per heavy atom. The standard InChI is InChI=1S/C12H14N2O4/c1-8(2)12(15)13(3)10-6-5-9(14(16)17)7-11(10)18-4/h5-7H,1H2,2-4H3. The number of methoxy groups -OCH3 is 1. The number of anilines is 1. The highest BCUT2D eigenvalue weighted by Crippen LogP contribution is 2.31. The van der Waals surface area contributed by atoms with E-state index < -0.39 is 4.92 Å². The molecule has 0 radical (unpaired) electrons. The first-order valence-electron chi connectivity index (χ1n) is 5.14. The Morgan fingerprint density at radius 2 is 2.11 bits per heavy atom. The molecule has 0 saturated heterocycles. The zero-order chi connectivity index (χ0) is 13.9. The Hall–Kier alpha value is -2.37. The normalized spacial score (nSPS) is 9.72. The molecule has 0 heterocycles. The van der Waals surface area contributed by atoms with E-state index in [9.17, 15) is 14.9 Å². The van der Waals surface area contributed by atoms with Crippen LogP contribution in [-0.2, 0) is 4.79 Å². The van der Waals surface area contributed by atoms with Crippen molar-refractivity contribution in [2.24, 2.45) is 0 Å². The van der Waals surface area contributed by atoms with Gasteiger partial charge in [0.25, 0.3) is 11.6 Å². The van der Waals surface area contributed by atoms with Crippen LogP contribution in [0.1, 0.15) is 6.92 Å². The smallest absolute Gasteiger partial charge is 0.273 e. The maximum atomic E-state index is 11.8. The van der Waals surface area contributed by atoms with E-state index in [1.807, 2.05) is 0 Å². The van der Waals surface area contributed by atoms with Gasteiger partial charge < -0.3 is 9.64 Å². The zero-order valence-electron chi connectivity index (χ0n) is 10.5. The van der Waals surface area contributed by atoms with Crippen LogP contribution in [0.3, 0.4) is 0 Å². The number of hydrogen-bond donors (Lipinski definition) is 0. The van der Waals surface area contributed by atoms with E-state index in [1.54, 1.807) is 14.0 Å². The van der Waals surface area contributed by atoms with E-state index in [2.05, 4.69) is 6.58 Å². The fourth-order valence-corrected chi connectivity index (χ4v) is 1.45. The molecule has 6 nitrogen and oxygen atoms in total. The van der Waals surface area contributed by atoms with Gasteiger partial charge in [0.05, 0.1) is 23.8 Å². The third-order valence-electron chi connectivity index (χ3n) is 2.41. The Balaban J connectivity index is 3.21. The van der Waals surface area contributed by atoms with Crippen LogP contribution in [0.5, 0.6) is 5.75 Å². The molecule has 18 heavy (non-hydrogen) atoms. The summed E-state index contributed by atoms with van der Waals surface area (Å²) in [6, 6.07) is 4.06. The molecule has 0 aliphatic rings. The zero-order valence-corrected chi connectivity index (χ0v) is 10.5. The second kappa shape index (κ2) is 5.31. The second-order valence-electron chi connectivity index (χ2n) is 3.76. The number of carbonyl (C=O) groups is 1. The number of hydrogen-bond acceptors (Lipinski definition) is 4. The lowest BCUT2D eigenvalue weighted by atomic mass is 10.2. The number of likely N-dealkylation sites (N-methyl/N-ethyl adjacent to an activating group) is 1. The molecule has 0 aliphatic heterocycles. The summed E-state index contributed by atoms with van der Waals surface area (Å²) in [7, 11) is 2.95. The fourth-order valence-electron chi connectivity index (χ4n) is 1.45. The van der Waals surface area contributed by atoms with Crippen LogP contribution in [0.4, 0.5) is 11.4 Å². The molecule has 0 aromatic heterocycles. The summed E-state index contributed by atoms with van der Waals surface area (Å²) >= 11 is 0. The molecule has 0 atom stereocenters. The highest BCUT2D eigenvalue weighted by atomic mass is 16.6. The maximum Gasteiger partial charge on any atom is 0.273 e. The van der Waals surface area contributed by atoms with Crippen molar-refractivity contribution >= 4 is 17.3 Å². The Morgan fingerprint density at radius 1 is 1.50 bits per heavy atom. The third kappa shape index (κ3) is 2.65. The highest BCUT2D eigenvalue weighted by molar-refractivity contribution is 6.05. The van der Waals surface area contributed by atoms with Crippen LogP contribution in [0.25, 0.3) is 0 Å². The summed E-state index contributed by atoms with van der Waals surface area (Å²) in [6.45, 7) is 5.16. The summed E-state index contributed by atoms with van der Waals surface area (Å²) in [4.78, 5) is 23.2. The lowest BCUT2D eigenvalue weighted by Crippen LogP contribution is -2.26. The van der Waals surface area contributed by atoms with Crippen LogP contribution in [-0.4, -0.2) is 25.0 Å². The van der Waals surface area contributed by atoms with Crippen molar-refractivity contribution in [3.63, 3.8) is 0 Å². The second-order valence-corrected chi connectivity index (χ2v) is 3.76. The van der Waals surface area contributed by atoms with Gasteiger partial charge in [-0.15, -0.1) is 0 Å². The summed E-state index contributed by atoms with van der Waals surface area (Å²) in [6.07, 6.45) is 0. The van der Waals surface area contributed by atoms with Gasteiger partial charge in [-0.2, -0.15) is 0 Å². The number of ether oxygens (including phenoxy) is 1. The number of nitrogens with zero attached hydrogens (tertiary/aromatic N) is 2. The first kappa shape index (κ1) is 13.7. The molecule has 96 valence electrons. The van der Waals surface area contributed by atoms with E-state index in [1.165, 1.54) is 30.2 Å². The number of rotatable bonds is 4. The molecule has 0 fully saturated rings. The van der Waals surface area contributed by atoms with Crippen LogP contribution in [0.15, 0.2) is 30.4 Å². The van der Waals surface area contributed by atoms with Gasteiger partial charge in [-0.25, -0.2) is 0 Å². The first-order chi connectivity index (χ1) is 8.38. The summed E-state index contributed by atoms with van der Waals surface area (Å²) < 4.78 is 5.06. The molecular formula is C12H14N2O4. The van der Waals surface area contributed by atoms with E-state index >= 15 is 0 Å². The molecule has 6 heteroatoms. The Kier molecular flexibility index (Phi) is 4.04. The van der Waals surface area contributed by atoms with Gasteiger partial charge >= 0.3 is 0 Å². The van der Waals surface area contributed by atoms with E-state index in [-0.39, 0.29) is 17.3 Å². The van der Waals surface area contributed by atoms with Gasteiger partial charge in [0, 0.05) is 18.7 Å². The van der Waals surface area contributed by atoms with Crippen LogP contribution < -0.4 is 9.64 Å². The molecule has 1 aromatic rings. The van der Waals surface area contributed by atoms with Crippen molar-refractivity contribution in [2.45, 2.75) is 6.92 Å². The minimum atomic E-state index is -0.521. The van der Waals surface area contributed by atoms with Crippen molar-refractivity contribution in [3.05, 3.63) is 40.5 Å². The van der Waals surface area contributed by atoms with Crippen molar-refractivity contribution in [3.8, 4) is 5.75 Å². The molecule has 0 aliphatic carbocycles. The lowest BCUT2D eigenvalue weighted by Gasteiger charge is -2.19. The molecular weight excluding hydrogens is 236 g/mol. The largest absolute Gasteiger partial charge is 0.494 e. The summed E-state index contributed by atoms with van der Waals surface area (Å²) in [5.74, 6) is -0.0107. The minimum Gasteiger partial charge on any atom is -0.494 e. The van der Waals surface area contributed by atoms with Crippen molar-refractivity contribution in [2.75, 3.05) is 19.1 Å². The monoisotopic (exact) mass is 250 g/mol. The van der Waals surface area contributed by atoms with Crippen molar-refractivity contribution in [1.29, 1.82) is 0 Å². The van der Waals surface area contributed by atoms with Gasteiger partial charge in [0.2, 0.25) is 0 Å². The molecule has 0 N–H and O–H groups in total. The molecule has 0 saturated carbocycles. The summed E-state index contributed by atoms with van der Waals surface area (Å²) in [5, 5.41) is 10.6. The molecule has 0 unspecified atom stereocenters. The average Bonchev–Trinajstić information content (AvgIpc) is 2.35. The molecule has 1 amide bonds. The quantitative estimate of drug-likeness (QED) is 0.466. The first-order valence-corrected chi connectivity index (χ1v) is 5.14. The van der Waals surface area contributed by atoms with Gasteiger partial charge in [-0.3, -0.25) is 14.9 Å². The van der Waals surface area contributed by atoms with E-state index in [0.717, 1.165) is 0 Å². The fraction of sp³-hybridized carbons (Fsp3) is 0.250. The minimum absolute atomic E-state index is 0.0910. The van der Waals surface area contributed by atoms with E-state index in [0.29, 0.717) is 11.3 Å². The molecule has 0 spiro atoms. The SMILES string of the molecule is C=C(C)C(=O)N(C)c1ccc([N+](=O)[O-])cc1OC. The molecule has 0 bridgehead atoms.